The summed E-state index contributed by atoms with van der Waals surface area (Å²) in [6.07, 6.45) is 0.550. The van der Waals surface area contributed by atoms with Crippen LogP contribution in [0, 0.1) is 5.41 Å². The Balaban J connectivity index is 4.88. The monoisotopic (exact) mass is 251 g/mol. The lowest BCUT2D eigenvalue weighted by Gasteiger charge is -2.29. The van der Waals surface area contributed by atoms with Crippen LogP contribution in [0.4, 0.5) is 0 Å². The van der Waals surface area contributed by atoms with Crippen LogP contribution in [0.15, 0.2) is 12.7 Å². The predicted molar refractivity (Wildman–Crippen MR) is 56.9 cm³/mol. The second kappa shape index (κ2) is 5.64. The number of hydrogen-bond acceptors (Lipinski definition) is 3. The number of carboxylic acid groups (broad SMARTS) is 1. The van der Waals surface area contributed by atoms with Crippen molar-refractivity contribution < 1.29 is 24.3 Å². The molecule has 0 radical (unpaired) electrons. The van der Waals surface area contributed by atoms with E-state index < -0.39 is 25.3 Å². The number of nitrogens with one attached hydrogen (secondary N) is 1. The van der Waals surface area contributed by atoms with Crippen molar-refractivity contribution in [2.24, 2.45) is 5.73 Å². The van der Waals surface area contributed by atoms with Crippen molar-refractivity contribution >= 4 is 19.5 Å². The minimum Gasteiger partial charge on any atom is -0.481 e. The summed E-state index contributed by atoms with van der Waals surface area (Å²) in [6, 6.07) is 0. The van der Waals surface area contributed by atoms with Crippen molar-refractivity contribution in [2.45, 2.75) is 12.2 Å². The largest absolute Gasteiger partial charge is 0.481 e. The van der Waals surface area contributed by atoms with Crippen molar-refractivity contribution in [3.63, 3.8) is 0 Å². The SMILES string of the molecule is C=CC(N(CCC(=O)O)C(=N)N)P(=O)(O)O. The molecule has 8 nitrogen and oxygen atoms in total. The van der Waals surface area contributed by atoms with Gasteiger partial charge in [-0.2, -0.15) is 0 Å². The highest BCUT2D eigenvalue weighted by Crippen LogP contribution is 2.43. The molecule has 0 saturated carbocycles. The Bertz CT molecular complexity index is 339. The zero-order valence-electron chi connectivity index (χ0n) is 8.41. The van der Waals surface area contributed by atoms with Crippen LogP contribution < -0.4 is 5.73 Å². The Morgan fingerprint density at radius 2 is 2.12 bits per heavy atom. The van der Waals surface area contributed by atoms with Crippen LogP contribution in [0.2, 0.25) is 0 Å². The van der Waals surface area contributed by atoms with E-state index in [2.05, 4.69) is 6.58 Å². The lowest BCUT2D eigenvalue weighted by atomic mass is 10.4. The number of guanidine groups is 1. The summed E-state index contributed by atoms with van der Waals surface area (Å²) in [7, 11) is -4.55. The van der Waals surface area contributed by atoms with Crippen molar-refractivity contribution in [2.75, 3.05) is 6.54 Å². The molecule has 0 heterocycles. The number of carboxylic acids is 1. The number of aliphatic carboxylic acids is 1. The molecule has 16 heavy (non-hydrogen) atoms. The van der Waals surface area contributed by atoms with Crippen LogP contribution in [0.3, 0.4) is 0 Å². The van der Waals surface area contributed by atoms with Gasteiger partial charge in [-0.1, -0.05) is 6.08 Å². The maximum absolute atomic E-state index is 11.0. The van der Waals surface area contributed by atoms with Crippen molar-refractivity contribution in [1.29, 1.82) is 5.41 Å². The van der Waals surface area contributed by atoms with E-state index in [1.807, 2.05) is 0 Å². The van der Waals surface area contributed by atoms with Gasteiger partial charge in [-0.25, -0.2) is 0 Å². The lowest BCUT2D eigenvalue weighted by Crippen LogP contribution is -2.44. The Hall–Kier alpha value is -1.37. The minimum absolute atomic E-state index is 0.271. The van der Waals surface area contributed by atoms with Gasteiger partial charge in [0.2, 0.25) is 0 Å². The van der Waals surface area contributed by atoms with E-state index in [1.165, 1.54) is 0 Å². The molecule has 0 aromatic carbocycles. The number of hydrogen-bond donors (Lipinski definition) is 5. The average Bonchev–Trinajstić information content (AvgIpc) is 2.08. The summed E-state index contributed by atoms with van der Waals surface area (Å²) < 4.78 is 11.0. The molecule has 0 saturated heterocycles. The molecule has 0 amide bonds. The number of rotatable bonds is 6. The molecule has 0 aliphatic heterocycles. The standard InChI is InChI=1S/C7H14N3O5P/c1-2-5(16(13,14)15)10(7(8)9)4-3-6(11)12/h2,5H,1,3-4H2,(H3,8,9)(H,11,12)(H2,13,14,15). The van der Waals surface area contributed by atoms with Gasteiger partial charge in [-0.3, -0.25) is 14.8 Å². The van der Waals surface area contributed by atoms with Gasteiger partial charge in [0.1, 0.15) is 0 Å². The van der Waals surface area contributed by atoms with Gasteiger partial charge in [-0.05, 0) is 0 Å². The van der Waals surface area contributed by atoms with Crippen LogP contribution in [-0.2, 0) is 9.36 Å². The van der Waals surface area contributed by atoms with Gasteiger partial charge in [0.05, 0.1) is 6.42 Å². The van der Waals surface area contributed by atoms with Crippen LogP contribution in [0.5, 0.6) is 0 Å². The molecule has 0 rings (SSSR count). The molecule has 0 bridgehead atoms. The van der Waals surface area contributed by atoms with E-state index >= 15 is 0 Å². The van der Waals surface area contributed by atoms with E-state index in [1.54, 1.807) is 0 Å². The van der Waals surface area contributed by atoms with E-state index in [0.717, 1.165) is 11.0 Å². The van der Waals surface area contributed by atoms with Gasteiger partial charge in [0.25, 0.3) is 0 Å². The predicted octanol–water partition coefficient (Wildman–Crippen LogP) is -0.654. The average molecular weight is 251 g/mol. The van der Waals surface area contributed by atoms with Crippen molar-refractivity contribution in [1.82, 2.24) is 4.90 Å². The van der Waals surface area contributed by atoms with Crippen LogP contribution in [0.25, 0.3) is 0 Å². The second-order valence-corrected chi connectivity index (χ2v) is 4.67. The summed E-state index contributed by atoms with van der Waals surface area (Å²) in [6.45, 7) is 2.95. The molecule has 6 N–H and O–H groups in total. The van der Waals surface area contributed by atoms with E-state index in [9.17, 15) is 9.36 Å². The third-order valence-corrected chi connectivity index (χ3v) is 2.93. The topological polar surface area (TPSA) is 148 Å². The van der Waals surface area contributed by atoms with Gasteiger partial charge < -0.3 is 25.5 Å². The molecule has 9 heteroatoms. The van der Waals surface area contributed by atoms with Gasteiger partial charge in [0.15, 0.2) is 11.7 Å². The Kier molecular flexibility index (Phi) is 5.16. The molecule has 0 spiro atoms. The lowest BCUT2D eigenvalue weighted by molar-refractivity contribution is -0.137. The fourth-order valence-corrected chi connectivity index (χ4v) is 1.94. The first-order valence-corrected chi connectivity index (χ1v) is 5.88. The first kappa shape index (κ1) is 14.6. The number of nitrogens with zero attached hydrogens (tertiary/aromatic N) is 1. The van der Waals surface area contributed by atoms with Crippen LogP contribution in [-0.4, -0.2) is 44.0 Å². The highest BCUT2D eigenvalue weighted by atomic mass is 31.2. The van der Waals surface area contributed by atoms with E-state index in [-0.39, 0.29) is 13.0 Å². The zero-order chi connectivity index (χ0) is 12.9. The molecule has 1 atom stereocenters. The zero-order valence-corrected chi connectivity index (χ0v) is 9.30. The summed E-state index contributed by atoms with van der Waals surface area (Å²) in [5.74, 6) is -3.25. The van der Waals surface area contributed by atoms with Gasteiger partial charge in [-0.15, -0.1) is 6.58 Å². The molecule has 0 fully saturated rings. The molecule has 0 aliphatic carbocycles. The minimum atomic E-state index is -4.55. The van der Waals surface area contributed by atoms with Crippen molar-refractivity contribution in [3.8, 4) is 0 Å². The van der Waals surface area contributed by atoms with E-state index in [4.69, 9.17) is 26.0 Å². The third kappa shape index (κ3) is 4.43. The Morgan fingerprint density at radius 1 is 1.62 bits per heavy atom. The first-order chi connectivity index (χ1) is 7.20. The maximum Gasteiger partial charge on any atom is 0.351 e. The van der Waals surface area contributed by atoms with Crippen LogP contribution >= 0.6 is 7.60 Å². The Morgan fingerprint density at radius 3 is 2.38 bits per heavy atom. The molecule has 0 aromatic heterocycles. The highest BCUT2D eigenvalue weighted by molar-refractivity contribution is 7.52. The van der Waals surface area contributed by atoms with Crippen molar-refractivity contribution in [3.05, 3.63) is 12.7 Å². The molecule has 0 aromatic rings. The smallest absolute Gasteiger partial charge is 0.351 e. The normalized spacial score (nSPS) is 12.9. The fourth-order valence-electron chi connectivity index (χ4n) is 1.06. The molecular formula is C7H14N3O5P. The molecule has 92 valence electrons. The summed E-state index contributed by atoms with van der Waals surface area (Å²) in [5.41, 5.74) is 5.12. The summed E-state index contributed by atoms with van der Waals surface area (Å²) in [5, 5.41) is 15.6. The number of carbonyl (C=O) groups is 1. The summed E-state index contributed by atoms with van der Waals surface area (Å²) >= 11 is 0. The highest BCUT2D eigenvalue weighted by Gasteiger charge is 2.32. The second-order valence-electron chi connectivity index (χ2n) is 2.96. The van der Waals surface area contributed by atoms with Gasteiger partial charge in [0, 0.05) is 6.54 Å². The first-order valence-electron chi connectivity index (χ1n) is 4.20. The van der Waals surface area contributed by atoms with Gasteiger partial charge >= 0.3 is 13.6 Å². The fraction of sp³-hybridized carbons (Fsp3) is 0.429. The molecule has 0 aliphatic rings. The third-order valence-electron chi connectivity index (χ3n) is 1.75. The molecular weight excluding hydrogens is 237 g/mol. The quantitative estimate of drug-likeness (QED) is 0.182. The van der Waals surface area contributed by atoms with Crippen LogP contribution in [0.1, 0.15) is 6.42 Å². The summed E-state index contributed by atoms with van der Waals surface area (Å²) in [4.78, 5) is 29.0. The molecule has 1 unspecified atom stereocenters. The van der Waals surface area contributed by atoms with E-state index in [0.29, 0.717) is 0 Å². The number of nitrogens with two attached hydrogens (primary N) is 1. The Labute approximate surface area is 92.0 Å². The maximum atomic E-state index is 11.0.